The molecule has 1 aromatic heterocycles. The molecule has 0 bridgehead atoms. The lowest BCUT2D eigenvalue weighted by atomic mass is 9.94. The number of thioether (sulfide) groups is 1. The Balaban J connectivity index is 1.59. The Morgan fingerprint density at radius 2 is 1.91 bits per heavy atom. The minimum atomic E-state index is -0.421. The van der Waals surface area contributed by atoms with Crippen LogP contribution in [0.4, 0.5) is 0 Å². The number of amides is 1. The van der Waals surface area contributed by atoms with Crippen LogP contribution in [0.5, 0.6) is 0 Å². The third kappa shape index (κ3) is 5.17. The molecule has 0 aliphatic carbocycles. The Kier molecular flexibility index (Phi) is 6.93. The number of benzene rings is 1. The van der Waals surface area contributed by atoms with Crippen LogP contribution in [0.3, 0.4) is 0 Å². The number of aromatic nitrogens is 1. The number of pyridine rings is 1. The second kappa shape index (κ2) is 10.0. The largest absolute Gasteiger partial charge is 0.459 e. The van der Waals surface area contributed by atoms with Gasteiger partial charge in [0.2, 0.25) is 5.91 Å². The summed E-state index contributed by atoms with van der Waals surface area (Å²) >= 11 is 1.46. The Morgan fingerprint density at radius 1 is 1.15 bits per heavy atom. The molecule has 2 aromatic rings. The predicted octanol–water partition coefficient (Wildman–Crippen LogP) is 4.31. The van der Waals surface area contributed by atoms with Crippen molar-refractivity contribution in [2.75, 3.05) is 0 Å². The van der Waals surface area contributed by atoms with E-state index in [0.717, 1.165) is 22.1 Å². The summed E-state index contributed by atoms with van der Waals surface area (Å²) in [7, 11) is 0. The van der Waals surface area contributed by atoms with E-state index in [1.807, 2.05) is 79.6 Å². The van der Waals surface area contributed by atoms with Gasteiger partial charge in [-0.15, -0.1) is 0 Å². The highest BCUT2D eigenvalue weighted by molar-refractivity contribution is 8.16. The molecule has 8 heteroatoms. The van der Waals surface area contributed by atoms with Crippen molar-refractivity contribution < 1.29 is 14.3 Å². The maximum absolute atomic E-state index is 13.1. The highest BCUT2D eigenvalue weighted by Crippen LogP contribution is 2.44. The van der Waals surface area contributed by atoms with Gasteiger partial charge in [-0.3, -0.25) is 9.78 Å². The molecule has 7 nitrogen and oxygen atoms in total. The summed E-state index contributed by atoms with van der Waals surface area (Å²) in [4.78, 5) is 36.7. The Labute approximate surface area is 197 Å². The lowest BCUT2D eigenvalue weighted by Gasteiger charge is -2.36. The van der Waals surface area contributed by atoms with E-state index in [-0.39, 0.29) is 18.4 Å². The van der Waals surface area contributed by atoms with E-state index in [4.69, 9.17) is 4.74 Å². The topological polar surface area (TPSA) is 83.9 Å². The Morgan fingerprint density at radius 3 is 2.61 bits per heavy atom. The fourth-order valence-corrected chi connectivity index (χ4v) is 4.74. The second-order valence-corrected chi connectivity index (χ2v) is 8.87. The maximum atomic E-state index is 13.1. The van der Waals surface area contributed by atoms with Crippen LogP contribution in [0.1, 0.15) is 44.5 Å². The van der Waals surface area contributed by atoms with Crippen molar-refractivity contribution >= 4 is 28.8 Å². The quantitative estimate of drug-likeness (QED) is 0.617. The summed E-state index contributed by atoms with van der Waals surface area (Å²) in [5.41, 5.74) is 3.62. The molecule has 0 saturated heterocycles. The van der Waals surface area contributed by atoms with Gasteiger partial charge in [-0.05, 0) is 43.9 Å². The number of fused-ring (bicyclic) bond motifs is 1. The van der Waals surface area contributed by atoms with Crippen molar-refractivity contribution in [1.29, 1.82) is 0 Å². The van der Waals surface area contributed by atoms with Crippen LogP contribution in [0.15, 0.2) is 82.1 Å². The zero-order valence-corrected chi connectivity index (χ0v) is 19.6. The molecule has 33 heavy (non-hydrogen) atoms. The van der Waals surface area contributed by atoms with Crippen molar-refractivity contribution in [1.82, 2.24) is 15.2 Å². The number of esters is 1. The molecule has 2 aliphatic heterocycles. The van der Waals surface area contributed by atoms with Gasteiger partial charge in [0.05, 0.1) is 42.1 Å². The van der Waals surface area contributed by atoms with Gasteiger partial charge in [0.15, 0.2) is 5.17 Å². The first kappa shape index (κ1) is 22.8. The first-order valence-corrected chi connectivity index (χ1v) is 11.7. The van der Waals surface area contributed by atoms with Crippen LogP contribution >= 0.6 is 11.8 Å². The molecule has 1 N–H and O–H groups in total. The van der Waals surface area contributed by atoms with E-state index in [0.29, 0.717) is 17.8 Å². The molecule has 170 valence electrons. The summed E-state index contributed by atoms with van der Waals surface area (Å²) in [5, 5.41) is 5.60. The van der Waals surface area contributed by atoms with Gasteiger partial charge in [0.25, 0.3) is 0 Å². The van der Waals surface area contributed by atoms with Crippen molar-refractivity contribution in [2.45, 2.75) is 45.9 Å². The number of carbonyl (C=O) groups is 2. The number of hydrogen-bond acceptors (Lipinski definition) is 7. The fourth-order valence-electron chi connectivity index (χ4n) is 3.78. The fraction of sp³-hybridized carbons (Fsp3) is 0.280. The molecule has 3 heterocycles. The van der Waals surface area contributed by atoms with Gasteiger partial charge in [-0.2, -0.15) is 0 Å². The SMILES string of the molecule is CC1=C(C(=O)OC(C)C)C(c2ccccc2)N2C(CC(=O)NCc3ccccn3)=CSC2=N1. The van der Waals surface area contributed by atoms with Crippen molar-refractivity contribution in [2.24, 2.45) is 4.99 Å². The van der Waals surface area contributed by atoms with E-state index in [1.54, 1.807) is 6.20 Å². The summed E-state index contributed by atoms with van der Waals surface area (Å²) in [5.74, 6) is -0.520. The number of nitrogens with zero attached hydrogens (tertiary/aromatic N) is 3. The number of nitrogens with one attached hydrogen (secondary N) is 1. The molecule has 1 atom stereocenters. The average Bonchev–Trinajstić information content (AvgIpc) is 3.19. The van der Waals surface area contributed by atoms with Gasteiger partial charge in [0.1, 0.15) is 0 Å². The standard InChI is InChI=1S/C25H26N4O3S/c1-16(2)32-24(31)22-17(3)28-25-29(23(22)18-9-5-4-6-10-18)20(15-33-25)13-21(30)27-14-19-11-7-8-12-26-19/h4-12,15-16,23H,13-14H2,1-3H3,(H,27,30). The van der Waals surface area contributed by atoms with Crippen molar-refractivity contribution in [3.05, 3.63) is 88.4 Å². The van der Waals surface area contributed by atoms with E-state index in [1.165, 1.54) is 11.8 Å². The molecule has 0 fully saturated rings. The zero-order chi connectivity index (χ0) is 23.4. The van der Waals surface area contributed by atoms with Gasteiger partial charge in [-0.1, -0.05) is 48.2 Å². The van der Waals surface area contributed by atoms with Crippen LogP contribution in [-0.4, -0.2) is 33.0 Å². The van der Waals surface area contributed by atoms with Crippen molar-refractivity contribution in [3.63, 3.8) is 0 Å². The number of carbonyl (C=O) groups excluding carboxylic acids is 2. The summed E-state index contributed by atoms with van der Waals surface area (Å²) < 4.78 is 5.56. The van der Waals surface area contributed by atoms with Gasteiger partial charge >= 0.3 is 5.97 Å². The first-order valence-electron chi connectivity index (χ1n) is 10.8. The zero-order valence-electron chi connectivity index (χ0n) is 18.8. The highest BCUT2D eigenvalue weighted by atomic mass is 32.2. The van der Waals surface area contributed by atoms with Crippen LogP contribution in [0.2, 0.25) is 0 Å². The molecule has 1 unspecified atom stereocenters. The number of rotatable bonds is 7. The highest BCUT2D eigenvalue weighted by Gasteiger charge is 2.41. The average molecular weight is 463 g/mol. The van der Waals surface area contributed by atoms with E-state index in [9.17, 15) is 9.59 Å². The van der Waals surface area contributed by atoms with E-state index >= 15 is 0 Å². The lowest BCUT2D eigenvalue weighted by Crippen LogP contribution is -2.38. The molecule has 0 spiro atoms. The van der Waals surface area contributed by atoms with Gasteiger partial charge in [-0.25, -0.2) is 9.79 Å². The summed E-state index contributed by atoms with van der Waals surface area (Å²) in [6.45, 7) is 5.83. The molecule has 4 rings (SSSR count). The third-order valence-electron chi connectivity index (χ3n) is 5.21. The molecule has 1 aromatic carbocycles. The third-order valence-corrected chi connectivity index (χ3v) is 6.10. The van der Waals surface area contributed by atoms with Gasteiger partial charge < -0.3 is 15.0 Å². The van der Waals surface area contributed by atoms with Gasteiger partial charge in [0, 0.05) is 11.9 Å². The monoisotopic (exact) mass is 462 g/mol. The minimum absolute atomic E-state index is 0.127. The lowest BCUT2D eigenvalue weighted by molar-refractivity contribution is -0.143. The van der Waals surface area contributed by atoms with Crippen LogP contribution in [0.25, 0.3) is 0 Å². The second-order valence-electron chi connectivity index (χ2n) is 8.03. The molecule has 0 radical (unpaired) electrons. The number of aliphatic imine (C=N–C) groups is 1. The van der Waals surface area contributed by atoms with Crippen molar-refractivity contribution in [3.8, 4) is 0 Å². The van der Waals surface area contributed by atoms with E-state index < -0.39 is 12.0 Å². The molecular formula is C25H26N4O3S. The maximum Gasteiger partial charge on any atom is 0.338 e. The first-order chi connectivity index (χ1) is 15.9. The number of ether oxygens (including phenoxy) is 1. The van der Waals surface area contributed by atoms with Crippen LogP contribution in [-0.2, 0) is 20.9 Å². The minimum Gasteiger partial charge on any atom is -0.459 e. The molecule has 2 aliphatic rings. The molecular weight excluding hydrogens is 436 g/mol. The number of allylic oxidation sites excluding steroid dienone is 1. The molecule has 0 saturated carbocycles. The summed E-state index contributed by atoms with van der Waals surface area (Å²) in [6, 6.07) is 14.9. The summed E-state index contributed by atoms with van der Waals surface area (Å²) in [6.07, 6.45) is 1.61. The van der Waals surface area contributed by atoms with Crippen LogP contribution < -0.4 is 5.32 Å². The predicted molar refractivity (Wildman–Crippen MR) is 129 cm³/mol. The smallest absolute Gasteiger partial charge is 0.338 e. The van der Waals surface area contributed by atoms with E-state index in [2.05, 4.69) is 15.3 Å². The number of amidine groups is 1. The number of hydrogen-bond donors (Lipinski definition) is 1. The normalized spacial score (nSPS) is 17.5. The Bertz CT molecular complexity index is 1130. The Hall–Kier alpha value is -3.39. The van der Waals surface area contributed by atoms with Crippen LogP contribution in [0, 0.1) is 0 Å². The molecule has 1 amide bonds.